The molecule has 0 radical (unpaired) electrons. The Bertz CT molecular complexity index is 601. The number of carbonyl (C=O) groups is 1. The molecule has 0 aromatic carbocycles. The lowest BCUT2D eigenvalue weighted by molar-refractivity contribution is 0.0594. The molecule has 2 aromatic heterocycles. The SMILES string of the molecule is COC(=O)c1ccc(CNCCCn2nc(C)cc2C)[nH]1. The number of nitrogens with one attached hydrogen (secondary N) is 2. The van der Waals surface area contributed by atoms with Gasteiger partial charge in [0, 0.05) is 24.5 Å². The van der Waals surface area contributed by atoms with E-state index >= 15 is 0 Å². The predicted molar refractivity (Wildman–Crippen MR) is 80.2 cm³/mol. The highest BCUT2D eigenvalue weighted by atomic mass is 16.5. The Kier molecular flexibility index (Phi) is 5.16. The van der Waals surface area contributed by atoms with Gasteiger partial charge in [0.2, 0.25) is 0 Å². The van der Waals surface area contributed by atoms with E-state index in [1.54, 1.807) is 6.07 Å². The summed E-state index contributed by atoms with van der Waals surface area (Å²) in [6.07, 6.45) is 1.01. The quantitative estimate of drug-likeness (QED) is 0.602. The fraction of sp³-hybridized carbons (Fsp3) is 0.467. The average Bonchev–Trinajstić information content (AvgIpc) is 3.05. The molecule has 2 aromatic rings. The molecule has 0 spiro atoms. The van der Waals surface area contributed by atoms with E-state index in [9.17, 15) is 4.79 Å². The summed E-state index contributed by atoms with van der Waals surface area (Å²) in [5.74, 6) is -0.342. The van der Waals surface area contributed by atoms with Crippen LogP contribution < -0.4 is 5.32 Å². The molecule has 0 saturated heterocycles. The van der Waals surface area contributed by atoms with Crippen LogP contribution in [0, 0.1) is 13.8 Å². The van der Waals surface area contributed by atoms with Crippen LogP contribution in [0.1, 0.15) is 34.0 Å². The van der Waals surface area contributed by atoms with Gasteiger partial charge in [-0.15, -0.1) is 0 Å². The lowest BCUT2D eigenvalue weighted by Gasteiger charge is -2.05. The molecular formula is C15H22N4O2. The number of hydrogen-bond donors (Lipinski definition) is 2. The number of methoxy groups -OCH3 is 1. The second kappa shape index (κ2) is 7.08. The van der Waals surface area contributed by atoms with Crippen LogP contribution in [0.25, 0.3) is 0 Å². The summed E-state index contributed by atoms with van der Waals surface area (Å²) in [6.45, 7) is 6.58. The van der Waals surface area contributed by atoms with Crippen LogP contribution in [-0.4, -0.2) is 34.4 Å². The van der Waals surface area contributed by atoms with Crippen LogP contribution in [-0.2, 0) is 17.8 Å². The van der Waals surface area contributed by atoms with Gasteiger partial charge in [-0.1, -0.05) is 0 Å². The van der Waals surface area contributed by atoms with E-state index in [1.165, 1.54) is 12.8 Å². The van der Waals surface area contributed by atoms with Gasteiger partial charge < -0.3 is 15.0 Å². The smallest absolute Gasteiger partial charge is 0.354 e. The minimum atomic E-state index is -0.342. The lowest BCUT2D eigenvalue weighted by Crippen LogP contribution is -2.17. The van der Waals surface area contributed by atoms with Crippen molar-refractivity contribution in [3.63, 3.8) is 0 Å². The Hall–Kier alpha value is -2.08. The summed E-state index contributed by atoms with van der Waals surface area (Å²) in [5, 5.41) is 7.77. The first-order valence-corrected chi connectivity index (χ1v) is 7.08. The summed E-state index contributed by atoms with van der Waals surface area (Å²) >= 11 is 0. The van der Waals surface area contributed by atoms with Crippen LogP contribution in [0.15, 0.2) is 18.2 Å². The zero-order valence-corrected chi connectivity index (χ0v) is 12.8. The van der Waals surface area contributed by atoms with Crippen molar-refractivity contribution in [1.29, 1.82) is 0 Å². The number of ether oxygens (including phenoxy) is 1. The first kappa shape index (κ1) is 15.3. The summed E-state index contributed by atoms with van der Waals surface area (Å²) in [6, 6.07) is 5.71. The van der Waals surface area contributed by atoms with Crippen molar-refractivity contribution >= 4 is 5.97 Å². The lowest BCUT2D eigenvalue weighted by atomic mass is 10.3. The predicted octanol–water partition coefficient (Wildman–Crippen LogP) is 1.79. The van der Waals surface area contributed by atoms with E-state index in [1.807, 2.05) is 17.7 Å². The molecule has 21 heavy (non-hydrogen) atoms. The molecule has 0 saturated carbocycles. The minimum absolute atomic E-state index is 0.342. The van der Waals surface area contributed by atoms with E-state index in [-0.39, 0.29) is 5.97 Å². The van der Waals surface area contributed by atoms with Crippen molar-refractivity contribution in [3.8, 4) is 0 Å². The standard InChI is InChI=1S/C15H22N4O2/c1-11-9-12(2)19(18-11)8-4-7-16-10-13-5-6-14(17-13)15(20)21-3/h5-6,9,16-17H,4,7-8,10H2,1-3H3. The number of carbonyl (C=O) groups excluding carboxylic acids is 1. The molecule has 0 bridgehead atoms. The molecule has 0 fully saturated rings. The minimum Gasteiger partial charge on any atom is -0.464 e. The molecule has 2 N–H and O–H groups in total. The summed E-state index contributed by atoms with van der Waals surface area (Å²) < 4.78 is 6.68. The Morgan fingerprint density at radius 1 is 1.43 bits per heavy atom. The number of aryl methyl sites for hydroxylation is 3. The van der Waals surface area contributed by atoms with Gasteiger partial charge in [-0.3, -0.25) is 4.68 Å². The molecule has 0 atom stereocenters. The maximum absolute atomic E-state index is 11.3. The second-order valence-electron chi connectivity index (χ2n) is 5.07. The maximum atomic E-state index is 11.3. The number of aromatic amines is 1. The first-order valence-electron chi connectivity index (χ1n) is 7.08. The third-order valence-electron chi connectivity index (χ3n) is 3.29. The number of nitrogens with zero attached hydrogens (tertiary/aromatic N) is 2. The van der Waals surface area contributed by atoms with Crippen molar-refractivity contribution in [1.82, 2.24) is 20.1 Å². The molecule has 0 amide bonds. The van der Waals surface area contributed by atoms with Crippen LogP contribution in [0.3, 0.4) is 0 Å². The number of aromatic nitrogens is 3. The second-order valence-corrected chi connectivity index (χ2v) is 5.07. The Labute approximate surface area is 124 Å². The molecule has 0 aliphatic heterocycles. The monoisotopic (exact) mass is 290 g/mol. The summed E-state index contributed by atoms with van der Waals surface area (Å²) in [7, 11) is 1.38. The number of H-pyrrole nitrogens is 1. The molecule has 2 rings (SSSR count). The normalized spacial score (nSPS) is 10.8. The van der Waals surface area contributed by atoms with Crippen molar-refractivity contribution < 1.29 is 9.53 Å². The first-order chi connectivity index (χ1) is 10.1. The molecule has 0 aliphatic carbocycles. The van der Waals surface area contributed by atoms with Crippen molar-refractivity contribution in [3.05, 3.63) is 41.0 Å². The highest BCUT2D eigenvalue weighted by Crippen LogP contribution is 2.04. The third kappa shape index (κ3) is 4.19. The zero-order valence-electron chi connectivity index (χ0n) is 12.8. The Morgan fingerprint density at radius 2 is 2.24 bits per heavy atom. The third-order valence-corrected chi connectivity index (χ3v) is 3.29. The van der Waals surface area contributed by atoms with Gasteiger partial charge in [0.25, 0.3) is 0 Å². The topological polar surface area (TPSA) is 71.9 Å². The highest BCUT2D eigenvalue weighted by Gasteiger charge is 2.07. The summed E-state index contributed by atoms with van der Waals surface area (Å²) in [4.78, 5) is 14.3. The van der Waals surface area contributed by atoms with Gasteiger partial charge in [-0.25, -0.2) is 4.79 Å². The average molecular weight is 290 g/mol. The molecule has 0 aliphatic rings. The van der Waals surface area contributed by atoms with E-state index in [2.05, 4.69) is 33.1 Å². The van der Waals surface area contributed by atoms with E-state index < -0.39 is 0 Å². The number of esters is 1. The van der Waals surface area contributed by atoms with Crippen LogP contribution in [0.5, 0.6) is 0 Å². The molecule has 6 heteroatoms. The van der Waals surface area contributed by atoms with Crippen molar-refractivity contribution in [2.24, 2.45) is 0 Å². The summed E-state index contributed by atoms with van der Waals surface area (Å²) in [5.41, 5.74) is 3.71. The van der Waals surface area contributed by atoms with E-state index in [0.29, 0.717) is 12.2 Å². The zero-order chi connectivity index (χ0) is 15.2. The van der Waals surface area contributed by atoms with Gasteiger partial charge in [0.15, 0.2) is 0 Å². The van der Waals surface area contributed by atoms with E-state index in [0.717, 1.165) is 30.9 Å². The van der Waals surface area contributed by atoms with E-state index in [4.69, 9.17) is 0 Å². The number of hydrogen-bond acceptors (Lipinski definition) is 4. The Morgan fingerprint density at radius 3 is 2.90 bits per heavy atom. The molecule has 114 valence electrons. The van der Waals surface area contributed by atoms with Gasteiger partial charge in [0.05, 0.1) is 12.8 Å². The molecule has 6 nitrogen and oxygen atoms in total. The number of rotatable bonds is 7. The molecule has 2 heterocycles. The van der Waals surface area contributed by atoms with Crippen LogP contribution >= 0.6 is 0 Å². The van der Waals surface area contributed by atoms with Gasteiger partial charge in [0.1, 0.15) is 5.69 Å². The maximum Gasteiger partial charge on any atom is 0.354 e. The fourth-order valence-electron chi connectivity index (χ4n) is 2.25. The fourth-order valence-corrected chi connectivity index (χ4v) is 2.25. The van der Waals surface area contributed by atoms with Gasteiger partial charge in [-0.05, 0) is 45.0 Å². The van der Waals surface area contributed by atoms with Crippen LogP contribution in [0.4, 0.5) is 0 Å². The highest BCUT2D eigenvalue weighted by molar-refractivity contribution is 5.87. The van der Waals surface area contributed by atoms with Crippen molar-refractivity contribution in [2.45, 2.75) is 33.4 Å². The Balaban J connectivity index is 1.69. The van der Waals surface area contributed by atoms with Gasteiger partial charge >= 0.3 is 5.97 Å². The molecular weight excluding hydrogens is 268 g/mol. The molecule has 0 unspecified atom stereocenters. The van der Waals surface area contributed by atoms with Crippen molar-refractivity contribution in [2.75, 3.05) is 13.7 Å². The van der Waals surface area contributed by atoms with Crippen LogP contribution in [0.2, 0.25) is 0 Å². The van der Waals surface area contributed by atoms with Gasteiger partial charge in [-0.2, -0.15) is 5.10 Å². The largest absolute Gasteiger partial charge is 0.464 e.